The molecule has 2 aromatic carbocycles. The Balaban J connectivity index is 2.11. The molecule has 0 aliphatic rings. The highest BCUT2D eigenvalue weighted by Gasteiger charge is 2.19. The second-order valence-electron chi connectivity index (χ2n) is 7.17. The molecule has 0 spiro atoms. The molecule has 0 radical (unpaired) electrons. The topological polar surface area (TPSA) is 71.3 Å². The first kappa shape index (κ1) is 24.8. The Kier molecular flexibility index (Phi) is 8.91. The number of rotatable bonds is 11. The van der Waals surface area contributed by atoms with Gasteiger partial charge in [-0.15, -0.1) is 0 Å². The summed E-state index contributed by atoms with van der Waals surface area (Å²) < 4.78 is 26.0. The van der Waals surface area contributed by atoms with Gasteiger partial charge in [-0.2, -0.15) is 4.99 Å². The number of hydrogen-bond donors (Lipinski definition) is 0. The molecule has 0 bridgehead atoms. The molecule has 0 atom stereocenters. The maximum absolute atomic E-state index is 13.3. The highest BCUT2D eigenvalue weighted by atomic mass is 32.1. The molecule has 1 aromatic heterocycles. The summed E-state index contributed by atoms with van der Waals surface area (Å²) in [4.78, 5) is 18.4. The van der Waals surface area contributed by atoms with Crippen LogP contribution in [0, 0.1) is 6.92 Å². The Morgan fingerprint density at radius 1 is 0.970 bits per heavy atom. The second kappa shape index (κ2) is 11.9. The van der Waals surface area contributed by atoms with Gasteiger partial charge in [0, 0.05) is 18.7 Å². The molecule has 0 unspecified atom stereocenters. The first-order valence-electron chi connectivity index (χ1n) is 11.4. The summed E-state index contributed by atoms with van der Waals surface area (Å²) >= 11 is 1.49. The number of nitrogens with zero attached hydrogens (tertiary/aromatic N) is 2. The predicted octanol–water partition coefficient (Wildman–Crippen LogP) is 4.98. The van der Waals surface area contributed by atoms with Gasteiger partial charge in [0.15, 0.2) is 16.3 Å². The zero-order chi connectivity index (χ0) is 23.8. The van der Waals surface area contributed by atoms with Crippen LogP contribution >= 0.6 is 11.3 Å². The number of aryl methyl sites for hydroxylation is 1. The van der Waals surface area contributed by atoms with Gasteiger partial charge in [0.1, 0.15) is 0 Å². The van der Waals surface area contributed by atoms with Gasteiger partial charge in [-0.1, -0.05) is 23.5 Å². The number of benzene rings is 2. The fourth-order valence-corrected chi connectivity index (χ4v) is 4.70. The zero-order valence-corrected chi connectivity index (χ0v) is 20.8. The van der Waals surface area contributed by atoms with Crippen molar-refractivity contribution in [1.29, 1.82) is 0 Å². The fourth-order valence-electron chi connectivity index (χ4n) is 3.56. The average molecular weight is 473 g/mol. The van der Waals surface area contributed by atoms with Gasteiger partial charge in [-0.25, -0.2) is 0 Å². The van der Waals surface area contributed by atoms with Gasteiger partial charge >= 0.3 is 0 Å². The van der Waals surface area contributed by atoms with Crippen LogP contribution in [0.5, 0.6) is 17.2 Å². The van der Waals surface area contributed by atoms with Crippen molar-refractivity contribution in [2.45, 2.75) is 41.2 Å². The van der Waals surface area contributed by atoms with Crippen LogP contribution in [-0.2, 0) is 11.3 Å². The number of ether oxygens (including phenoxy) is 4. The van der Waals surface area contributed by atoms with Gasteiger partial charge in [0.2, 0.25) is 5.75 Å². The van der Waals surface area contributed by atoms with Crippen LogP contribution in [0.4, 0.5) is 0 Å². The molecule has 1 amide bonds. The Labute approximate surface area is 198 Å². The SMILES string of the molecule is CCOCCn1c(=NC(=O)c2cc(OCC)c(OCC)c(OCC)c2)sc2cccc(C)c21. The monoisotopic (exact) mass is 472 g/mol. The second-order valence-corrected chi connectivity index (χ2v) is 8.18. The van der Waals surface area contributed by atoms with E-state index in [-0.39, 0.29) is 5.91 Å². The number of aromatic nitrogens is 1. The summed E-state index contributed by atoms with van der Waals surface area (Å²) in [5.41, 5.74) is 2.59. The summed E-state index contributed by atoms with van der Waals surface area (Å²) in [6.45, 7) is 12.8. The van der Waals surface area contributed by atoms with Crippen LogP contribution in [0.1, 0.15) is 43.6 Å². The lowest BCUT2D eigenvalue weighted by atomic mass is 10.1. The van der Waals surface area contributed by atoms with E-state index in [2.05, 4.69) is 22.5 Å². The van der Waals surface area contributed by atoms with E-state index in [4.69, 9.17) is 18.9 Å². The maximum atomic E-state index is 13.3. The van der Waals surface area contributed by atoms with E-state index < -0.39 is 0 Å². The number of amides is 1. The van der Waals surface area contributed by atoms with Crippen LogP contribution in [0.3, 0.4) is 0 Å². The number of thiazole rings is 1. The van der Waals surface area contributed by atoms with E-state index in [1.807, 2.05) is 39.8 Å². The van der Waals surface area contributed by atoms with E-state index in [0.29, 0.717) is 67.2 Å². The third-order valence-corrected chi connectivity index (χ3v) is 5.96. The number of para-hydroxylation sites is 1. The largest absolute Gasteiger partial charge is 0.490 e. The standard InChI is InChI=1S/C25H32N2O5S/c1-6-29-14-13-27-22-17(5)11-10-12-21(22)33-25(27)26-24(28)18-15-19(30-7-2)23(32-9-4)20(16-18)31-8-3/h10-12,15-16H,6-9,13-14H2,1-5H3. The summed E-state index contributed by atoms with van der Waals surface area (Å²) in [6, 6.07) is 9.47. The van der Waals surface area contributed by atoms with Gasteiger partial charge in [-0.3, -0.25) is 4.79 Å². The summed E-state index contributed by atoms with van der Waals surface area (Å²) in [7, 11) is 0. The molecular formula is C25H32N2O5S. The van der Waals surface area contributed by atoms with Gasteiger partial charge in [0.05, 0.1) is 36.6 Å². The van der Waals surface area contributed by atoms with Crippen molar-refractivity contribution in [3.05, 3.63) is 46.3 Å². The van der Waals surface area contributed by atoms with Crippen molar-refractivity contribution in [2.24, 2.45) is 4.99 Å². The predicted molar refractivity (Wildman–Crippen MR) is 131 cm³/mol. The Hall–Kier alpha value is -2.84. The Morgan fingerprint density at radius 2 is 1.64 bits per heavy atom. The highest BCUT2D eigenvalue weighted by Crippen LogP contribution is 2.39. The molecule has 0 fully saturated rings. The van der Waals surface area contributed by atoms with E-state index >= 15 is 0 Å². The molecule has 0 aliphatic carbocycles. The smallest absolute Gasteiger partial charge is 0.279 e. The minimum atomic E-state index is -0.366. The third kappa shape index (κ3) is 5.75. The number of fused-ring (bicyclic) bond motifs is 1. The number of hydrogen-bond acceptors (Lipinski definition) is 6. The molecule has 0 N–H and O–H groups in total. The number of carbonyl (C=O) groups is 1. The molecule has 8 heteroatoms. The van der Waals surface area contributed by atoms with E-state index in [9.17, 15) is 4.79 Å². The lowest BCUT2D eigenvalue weighted by molar-refractivity contribution is 0.0995. The van der Waals surface area contributed by atoms with E-state index in [1.54, 1.807) is 12.1 Å². The quantitative estimate of drug-likeness (QED) is 0.368. The number of carbonyl (C=O) groups excluding carboxylic acids is 1. The molecule has 7 nitrogen and oxygen atoms in total. The molecular weight excluding hydrogens is 440 g/mol. The van der Waals surface area contributed by atoms with Crippen LogP contribution in [-0.4, -0.2) is 43.5 Å². The average Bonchev–Trinajstić information content (AvgIpc) is 3.14. The molecule has 0 aliphatic heterocycles. The molecule has 1 heterocycles. The minimum Gasteiger partial charge on any atom is -0.490 e. The van der Waals surface area contributed by atoms with Crippen molar-refractivity contribution in [3.63, 3.8) is 0 Å². The summed E-state index contributed by atoms with van der Waals surface area (Å²) in [6.07, 6.45) is 0. The maximum Gasteiger partial charge on any atom is 0.279 e. The lowest BCUT2D eigenvalue weighted by Crippen LogP contribution is -2.20. The summed E-state index contributed by atoms with van der Waals surface area (Å²) in [5.74, 6) is 1.08. The molecule has 0 saturated heterocycles. The van der Waals surface area contributed by atoms with Crippen LogP contribution in [0.2, 0.25) is 0 Å². The molecule has 33 heavy (non-hydrogen) atoms. The van der Waals surface area contributed by atoms with Crippen molar-refractivity contribution in [1.82, 2.24) is 4.57 Å². The van der Waals surface area contributed by atoms with Crippen LogP contribution < -0.4 is 19.0 Å². The molecule has 3 rings (SSSR count). The van der Waals surface area contributed by atoms with Crippen molar-refractivity contribution in [2.75, 3.05) is 33.0 Å². The lowest BCUT2D eigenvalue weighted by Gasteiger charge is -2.16. The van der Waals surface area contributed by atoms with Gasteiger partial charge in [-0.05, 0) is 58.4 Å². The van der Waals surface area contributed by atoms with Crippen LogP contribution in [0.15, 0.2) is 35.3 Å². The third-order valence-electron chi connectivity index (χ3n) is 4.92. The van der Waals surface area contributed by atoms with Crippen molar-refractivity contribution >= 4 is 27.5 Å². The molecule has 0 saturated carbocycles. The van der Waals surface area contributed by atoms with Crippen LogP contribution in [0.25, 0.3) is 10.2 Å². The summed E-state index contributed by atoms with van der Waals surface area (Å²) in [5, 5.41) is 0. The van der Waals surface area contributed by atoms with Crippen molar-refractivity contribution < 1.29 is 23.7 Å². The molecule has 3 aromatic rings. The minimum absolute atomic E-state index is 0.366. The molecule has 178 valence electrons. The van der Waals surface area contributed by atoms with Gasteiger partial charge < -0.3 is 23.5 Å². The first-order chi connectivity index (χ1) is 16.0. The van der Waals surface area contributed by atoms with Crippen molar-refractivity contribution in [3.8, 4) is 17.2 Å². The Morgan fingerprint density at radius 3 is 2.24 bits per heavy atom. The Bertz CT molecular complexity index is 1140. The first-order valence-corrected chi connectivity index (χ1v) is 12.2. The van der Waals surface area contributed by atoms with Gasteiger partial charge in [0.25, 0.3) is 5.91 Å². The van der Waals surface area contributed by atoms with E-state index in [1.165, 1.54) is 11.3 Å². The highest BCUT2D eigenvalue weighted by molar-refractivity contribution is 7.16. The fraction of sp³-hybridized carbons (Fsp3) is 0.440. The zero-order valence-electron chi connectivity index (χ0n) is 20.0. The van der Waals surface area contributed by atoms with E-state index in [0.717, 1.165) is 15.8 Å². The normalized spacial score (nSPS) is 11.7.